The van der Waals surface area contributed by atoms with E-state index in [4.69, 9.17) is 0 Å². The molecule has 0 unspecified atom stereocenters. The van der Waals surface area contributed by atoms with Gasteiger partial charge in [0.05, 0.1) is 17.6 Å². The molecule has 1 N–H and O–H groups in total. The molecule has 7 nitrogen and oxygen atoms in total. The molecule has 0 bridgehead atoms. The van der Waals surface area contributed by atoms with E-state index in [1.54, 1.807) is 11.4 Å². The molecule has 3 rings (SSSR count). The van der Waals surface area contributed by atoms with Crippen LogP contribution in [0.1, 0.15) is 33.6 Å². The van der Waals surface area contributed by atoms with Gasteiger partial charge in [0.2, 0.25) is 10.0 Å². The van der Waals surface area contributed by atoms with Crippen LogP contribution < -0.4 is 5.32 Å². The summed E-state index contributed by atoms with van der Waals surface area (Å²) in [5, 5.41) is 4.71. The molecule has 0 saturated carbocycles. The lowest BCUT2D eigenvalue weighted by atomic mass is 10.2. The monoisotopic (exact) mass is 394 g/mol. The fourth-order valence-corrected chi connectivity index (χ4v) is 5.00. The number of nitrogens with zero attached hydrogens (tertiary/aromatic N) is 1. The van der Waals surface area contributed by atoms with Gasteiger partial charge in [0.1, 0.15) is 5.00 Å². The van der Waals surface area contributed by atoms with Crippen LogP contribution in [0.25, 0.3) is 0 Å². The van der Waals surface area contributed by atoms with Crippen molar-refractivity contribution in [2.75, 3.05) is 25.5 Å². The molecular formula is C17H18N2O5S2. The summed E-state index contributed by atoms with van der Waals surface area (Å²) >= 11 is 1.21. The number of thiophene rings is 1. The summed E-state index contributed by atoms with van der Waals surface area (Å²) in [5.41, 5.74) is 0.577. The largest absolute Gasteiger partial charge is 0.465 e. The minimum Gasteiger partial charge on any atom is -0.465 e. The van der Waals surface area contributed by atoms with E-state index in [1.807, 2.05) is 0 Å². The number of anilines is 1. The molecule has 26 heavy (non-hydrogen) atoms. The normalized spacial score (nSPS) is 15.0. The first-order chi connectivity index (χ1) is 12.4. The fourth-order valence-electron chi connectivity index (χ4n) is 2.71. The van der Waals surface area contributed by atoms with Crippen molar-refractivity contribution < 1.29 is 22.7 Å². The van der Waals surface area contributed by atoms with Crippen LogP contribution in [0.3, 0.4) is 0 Å². The van der Waals surface area contributed by atoms with E-state index < -0.39 is 21.9 Å². The molecule has 1 fully saturated rings. The number of hydrogen-bond donors (Lipinski definition) is 1. The molecule has 1 amide bonds. The molecule has 138 valence electrons. The Bertz CT molecular complexity index is 913. The van der Waals surface area contributed by atoms with Gasteiger partial charge in [-0.15, -0.1) is 11.3 Å². The maximum atomic E-state index is 12.5. The summed E-state index contributed by atoms with van der Waals surface area (Å²) in [5.74, 6) is -0.962. The zero-order valence-corrected chi connectivity index (χ0v) is 15.7. The number of ether oxygens (including phenoxy) is 1. The van der Waals surface area contributed by atoms with Crippen molar-refractivity contribution in [2.45, 2.75) is 17.7 Å². The Labute approximate surface area is 155 Å². The molecular weight excluding hydrogens is 376 g/mol. The van der Waals surface area contributed by atoms with Crippen molar-refractivity contribution in [1.29, 1.82) is 0 Å². The number of amides is 1. The molecule has 2 heterocycles. The molecule has 2 aromatic rings. The molecule has 1 aromatic heterocycles. The van der Waals surface area contributed by atoms with Crippen molar-refractivity contribution in [3.8, 4) is 0 Å². The van der Waals surface area contributed by atoms with Gasteiger partial charge in [-0.05, 0) is 48.6 Å². The zero-order valence-electron chi connectivity index (χ0n) is 14.1. The fraction of sp³-hybridized carbons (Fsp3) is 0.294. The quantitative estimate of drug-likeness (QED) is 0.787. The lowest BCUT2D eigenvalue weighted by Gasteiger charge is -2.15. The highest BCUT2D eigenvalue weighted by molar-refractivity contribution is 7.89. The van der Waals surface area contributed by atoms with Crippen LogP contribution in [0.5, 0.6) is 0 Å². The number of nitrogens with one attached hydrogen (secondary N) is 1. The van der Waals surface area contributed by atoms with Crippen LogP contribution in [-0.4, -0.2) is 44.8 Å². The van der Waals surface area contributed by atoms with Crippen molar-refractivity contribution in [3.63, 3.8) is 0 Å². The van der Waals surface area contributed by atoms with Gasteiger partial charge in [-0.3, -0.25) is 4.79 Å². The SMILES string of the molecule is COC(=O)c1ccsc1NC(=O)c1ccc(S(=O)(=O)N2CCCC2)cc1. The highest BCUT2D eigenvalue weighted by Gasteiger charge is 2.27. The second-order valence-corrected chi connectivity index (χ2v) is 8.60. The highest BCUT2D eigenvalue weighted by atomic mass is 32.2. The first-order valence-electron chi connectivity index (χ1n) is 8.01. The van der Waals surface area contributed by atoms with E-state index in [-0.39, 0.29) is 10.5 Å². The summed E-state index contributed by atoms with van der Waals surface area (Å²) in [4.78, 5) is 24.2. The third kappa shape index (κ3) is 3.64. The summed E-state index contributed by atoms with van der Waals surface area (Å²) < 4.78 is 31.1. The maximum Gasteiger partial charge on any atom is 0.340 e. The van der Waals surface area contributed by atoms with Crippen molar-refractivity contribution in [3.05, 3.63) is 46.8 Å². The van der Waals surface area contributed by atoms with E-state index in [2.05, 4.69) is 10.1 Å². The van der Waals surface area contributed by atoms with Gasteiger partial charge in [-0.1, -0.05) is 0 Å². The van der Waals surface area contributed by atoms with E-state index >= 15 is 0 Å². The number of methoxy groups -OCH3 is 1. The molecule has 1 aliphatic heterocycles. The smallest absolute Gasteiger partial charge is 0.340 e. The summed E-state index contributed by atoms with van der Waals surface area (Å²) in [6.07, 6.45) is 1.73. The minimum atomic E-state index is -3.51. The van der Waals surface area contributed by atoms with Gasteiger partial charge >= 0.3 is 5.97 Å². The first kappa shape index (κ1) is 18.6. The van der Waals surface area contributed by atoms with Crippen LogP contribution in [-0.2, 0) is 14.8 Å². The Balaban J connectivity index is 1.75. The Hall–Kier alpha value is -2.23. The molecule has 0 radical (unpaired) electrons. The molecule has 0 aliphatic carbocycles. The molecule has 0 spiro atoms. The first-order valence-corrected chi connectivity index (χ1v) is 10.3. The topological polar surface area (TPSA) is 92.8 Å². The van der Waals surface area contributed by atoms with E-state index in [1.165, 1.54) is 47.0 Å². The highest BCUT2D eigenvalue weighted by Crippen LogP contribution is 2.25. The van der Waals surface area contributed by atoms with E-state index in [9.17, 15) is 18.0 Å². The van der Waals surface area contributed by atoms with Gasteiger partial charge in [0.15, 0.2) is 0 Å². The van der Waals surface area contributed by atoms with Crippen molar-refractivity contribution >= 4 is 38.2 Å². The molecule has 1 saturated heterocycles. The number of rotatable bonds is 5. The third-order valence-corrected chi connectivity index (χ3v) is 6.86. The van der Waals surface area contributed by atoms with Gasteiger partial charge < -0.3 is 10.1 Å². The molecule has 0 atom stereocenters. The van der Waals surface area contributed by atoms with Crippen molar-refractivity contribution in [1.82, 2.24) is 4.31 Å². The maximum absolute atomic E-state index is 12.5. The van der Waals surface area contributed by atoms with Gasteiger partial charge in [-0.2, -0.15) is 4.31 Å². The van der Waals surface area contributed by atoms with Crippen LogP contribution in [0.15, 0.2) is 40.6 Å². The van der Waals surface area contributed by atoms with Gasteiger partial charge in [-0.25, -0.2) is 13.2 Å². The number of carbonyl (C=O) groups is 2. The summed E-state index contributed by atoms with van der Waals surface area (Å²) in [7, 11) is -2.24. The zero-order chi connectivity index (χ0) is 18.7. The minimum absolute atomic E-state index is 0.169. The average Bonchev–Trinajstić information content (AvgIpc) is 3.33. The molecule has 1 aromatic carbocycles. The second-order valence-electron chi connectivity index (χ2n) is 5.74. The number of sulfonamides is 1. The average molecular weight is 394 g/mol. The lowest BCUT2D eigenvalue weighted by molar-refractivity contribution is 0.0602. The van der Waals surface area contributed by atoms with Gasteiger partial charge in [0, 0.05) is 18.7 Å². The number of benzene rings is 1. The number of hydrogen-bond acceptors (Lipinski definition) is 6. The summed E-state index contributed by atoms with van der Waals surface area (Å²) in [6.45, 7) is 1.05. The van der Waals surface area contributed by atoms with Crippen molar-refractivity contribution in [2.24, 2.45) is 0 Å². The number of esters is 1. The third-order valence-electron chi connectivity index (χ3n) is 4.12. The van der Waals surface area contributed by atoms with Crippen LogP contribution >= 0.6 is 11.3 Å². The predicted octanol–water partition coefficient (Wildman–Crippen LogP) is 2.57. The van der Waals surface area contributed by atoms with Gasteiger partial charge in [0.25, 0.3) is 5.91 Å². The molecule has 1 aliphatic rings. The van der Waals surface area contributed by atoms with Crippen LogP contribution in [0.4, 0.5) is 5.00 Å². The Morgan fingerprint density at radius 1 is 1.12 bits per heavy atom. The van der Waals surface area contributed by atoms with Crippen LogP contribution in [0, 0.1) is 0 Å². The van der Waals surface area contributed by atoms with E-state index in [0.717, 1.165) is 12.8 Å². The summed E-state index contributed by atoms with van der Waals surface area (Å²) in [6, 6.07) is 7.35. The Morgan fingerprint density at radius 3 is 2.38 bits per heavy atom. The predicted molar refractivity (Wildman–Crippen MR) is 98.0 cm³/mol. The number of carbonyl (C=O) groups excluding carboxylic acids is 2. The standard InChI is InChI=1S/C17H18N2O5S2/c1-24-17(21)14-8-11-25-16(14)18-15(20)12-4-6-13(7-5-12)26(22,23)19-9-2-3-10-19/h4-8,11H,2-3,9-10H2,1H3,(H,18,20). The van der Waals surface area contributed by atoms with Crippen LogP contribution in [0.2, 0.25) is 0 Å². The lowest BCUT2D eigenvalue weighted by Crippen LogP contribution is -2.27. The second kappa shape index (κ2) is 7.56. The molecule has 9 heteroatoms. The van der Waals surface area contributed by atoms with E-state index in [0.29, 0.717) is 23.7 Å². The Morgan fingerprint density at radius 2 is 1.77 bits per heavy atom. The Kier molecular flexibility index (Phi) is 5.40.